The lowest BCUT2D eigenvalue weighted by molar-refractivity contribution is -0.914. The number of hydrogen-bond donors (Lipinski definition) is 2. The number of nitrogen functional groups attached to an aromatic ring is 2. The van der Waals surface area contributed by atoms with Gasteiger partial charge in [-0.15, -0.1) is 0 Å². The molecular weight excluding hydrogens is 226 g/mol. The summed E-state index contributed by atoms with van der Waals surface area (Å²) in [5.41, 5.74) is 12.9. The number of hydrogen-bond acceptors (Lipinski definition) is 3. The maximum absolute atomic E-state index is 5.86. The molecule has 0 aliphatic carbocycles. The summed E-state index contributed by atoms with van der Waals surface area (Å²) < 4.78 is 6.88. The minimum Gasteiger partial charge on any atom is -0.485 e. The van der Waals surface area contributed by atoms with Crippen molar-refractivity contribution in [3.63, 3.8) is 0 Å². The Bertz CT molecular complexity index is 400. The highest BCUT2D eigenvalue weighted by atomic mass is 16.5. The topological polar surface area (TPSA) is 61.3 Å². The summed E-state index contributed by atoms with van der Waals surface area (Å²) in [6, 6.07) is 5.38. The zero-order valence-electron chi connectivity index (χ0n) is 11.2. The predicted octanol–water partition coefficient (Wildman–Crippen LogP) is 1.86. The number of quaternary nitrogens is 1. The van der Waals surface area contributed by atoms with Gasteiger partial charge < -0.3 is 20.7 Å². The molecule has 1 aliphatic heterocycles. The van der Waals surface area contributed by atoms with Gasteiger partial charge in [0.2, 0.25) is 0 Å². The van der Waals surface area contributed by atoms with Gasteiger partial charge in [-0.25, -0.2) is 0 Å². The van der Waals surface area contributed by atoms with Crippen LogP contribution >= 0.6 is 0 Å². The largest absolute Gasteiger partial charge is 0.485 e. The van der Waals surface area contributed by atoms with Crippen LogP contribution in [0.5, 0.6) is 5.75 Å². The van der Waals surface area contributed by atoms with Gasteiger partial charge in [-0.2, -0.15) is 0 Å². The van der Waals surface area contributed by atoms with Gasteiger partial charge in [0.05, 0.1) is 25.8 Å². The van der Waals surface area contributed by atoms with Gasteiger partial charge in [-0.05, 0) is 31.4 Å². The van der Waals surface area contributed by atoms with Crippen LogP contribution in [0.4, 0.5) is 11.4 Å². The molecule has 4 heteroatoms. The maximum atomic E-state index is 5.86. The third-order valence-electron chi connectivity index (χ3n) is 3.82. The van der Waals surface area contributed by atoms with Crippen LogP contribution < -0.4 is 16.2 Å². The molecule has 0 atom stereocenters. The van der Waals surface area contributed by atoms with E-state index < -0.39 is 0 Å². The zero-order chi connectivity index (χ0) is 13.0. The fourth-order valence-corrected chi connectivity index (χ4v) is 2.55. The first-order chi connectivity index (χ1) is 8.59. The lowest BCUT2D eigenvalue weighted by Gasteiger charge is -2.37. The lowest BCUT2D eigenvalue weighted by atomic mass is 10.1. The standard InChI is InChI=1S/C14H24N3O/c1-17(7-3-2-4-8-17)9-10-18-14-11-12(15)5-6-13(14)16/h5-6,11H,2-4,7-10,15-16H2,1H3/q+1. The lowest BCUT2D eigenvalue weighted by Crippen LogP contribution is -2.50. The van der Waals surface area contributed by atoms with Gasteiger partial charge in [0.1, 0.15) is 18.9 Å². The molecule has 1 aliphatic rings. The Morgan fingerprint density at radius 1 is 1.17 bits per heavy atom. The van der Waals surface area contributed by atoms with Crippen LogP contribution in [-0.4, -0.2) is 37.8 Å². The fraction of sp³-hybridized carbons (Fsp3) is 0.571. The van der Waals surface area contributed by atoms with Gasteiger partial charge in [-0.3, -0.25) is 0 Å². The average Bonchev–Trinajstić information content (AvgIpc) is 2.34. The Kier molecular flexibility index (Phi) is 3.97. The molecule has 18 heavy (non-hydrogen) atoms. The molecule has 0 radical (unpaired) electrons. The molecule has 1 fully saturated rings. The van der Waals surface area contributed by atoms with E-state index in [1.165, 1.54) is 32.4 Å². The molecule has 0 unspecified atom stereocenters. The fourth-order valence-electron chi connectivity index (χ4n) is 2.55. The second-order valence-corrected chi connectivity index (χ2v) is 5.50. The molecule has 4 nitrogen and oxygen atoms in total. The molecule has 0 saturated carbocycles. The summed E-state index contributed by atoms with van der Waals surface area (Å²) in [5, 5.41) is 0. The number of likely N-dealkylation sites (tertiary alicyclic amines) is 1. The maximum Gasteiger partial charge on any atom is 0.144 e. The molecule has 1 aromatic rings. The zero-order valence-corrected chi connectivity index (χ0v) is 11.2. The highest BCUT2D eigenvalue weighted by Crippen LogP contribution is 2.24. The molecule has 2 rings (SSSR count). The second-order valence-electron chi connectivity index (χ2n) is 5.50. The smallest absolute Gasteiger partial charge is 0.144 e. The number of benzene rings is 1. The van der Waals surface area contributed by atoms with Crippen molar-refractivity contribution < 1.29 is 9.22 Å². The van der Waals surface area contributed by atoms with Gasteiger partial charge in [0.15, 0.2) is 0 Å². The third kappa shape index (κ3) is 3.29. The van der Waals surface area contributed by atoms with E-state index in [4.69, 9.17) is 16.2 Å². The molecule has 0 aromatic heterocycles. The highest BCUT2D eigenvalue weighted by molar-refractivity contribution is 5.59. The quantitative estimate of drug-likeness (QED) is 0.633. The molecule has 1 heterocycles. The van der Waals surface area contributed by atoms with E-state index in [9.17, 15) is 0 Å². The summed E-state index contributed by atoms with van der Waals surface area (Å²) in [5.74, 6) is 0.707. The van der Waals surface area contributed by atoms with Crippen molar-refractivity contribution in [3.8, 4) is 5.75 Å². The average molecular weight is 250 g/mol. The monoisotopic (exact) mass is 250 g/mol. The van der Waals surface area contributed by atoms with Gasteiger partial charge in [-0.1, -0.05) is 0 Å². The molecule has 100 valence electrons. The predicted molar refractivity (Wildman–Crippen MR) is 75.4 cm³/mol. The second kappa shape index (κ2) is 5.48. The van der Waals surface area contributed by atoms with Crippen molar-refractivity contribution in [1.29, 1.82) is 0 Å². The molecule has 1 aromatic carbocycles. The Balaban J connectivity index is 1.86. The first-order valence-corrected chi connectivity index (χ1v) is 6.70. The van der Waals surface area contributed by atoms with Crippen LogP contribution in [-0.2, 0) is 0 Å². The van der Waals surface area contributed by atoms with Crippen LogP contribution in [0.15, 0.2) is 18.2 Å². The van der Waals surface area contributed by atoms with E-state index in [1.807, 2.05) is 0 Å². The Morgan fingerprint density at radius 2 is 1.89 bits per heavy atom. The number of ether oxygens (including phenoxy) is 1. The highest BCUT2D eigenvalue weighted by Gasteiger charge is 2.24. The number of nitrogens with zero attached hydrogens (tertiary/aromatic N) is 1. The molecule has 0 amide bonds. The first kappa shape index (κ1) is 13.0. The normalized spacial score (nSPS) is 18.5. The van der Waals surface area contributed by atoms with Crippen molar-refractivity contribution >= 4 is 11.4 Å². The molecule has 4 N–H and O–H groups in total. The SMILES string of the molecule is C[N+]1(CCOc2cc(N)ccc2N)CCCCC1. The van der Waals surface area contributed by atoms with Crippen molar-refractivity contribution in [2.75, 3.05) is 44.8 Å². The van der Waals surface area contributed by atoms with E-state index in [0.29, 0.717) is 23.7 Å². The first-order valence-electron chi connectivity index (χ1n) is 6.70. The number of piperidine rings is 1. The summed E-state index contributed by atoms with van der Waals surface area (Å²) >= 11 is 0. The van der Waals surface area contributed by atoms with Crippen LogP contribution in [0.3, 0.4) is 0 Å². The van der Waals surface area contributed by atoms with Gasteiger partial charge in [0, 0.05) is 11.8 Å². The number of nitrogens with two attached hydrogens (primary N) is 2. The van der Waals surface area contributed by atoms with Crippen LogP contribution in [0, 0.1) is 0 Å². The van der Waals surface area contributed by atoms with E-state index in [1.54, 1.807) is 18.2 Å². The minimum atomic E-state index is 0.658. The Morgan fingerprint density at radius 3 is 2.61 bits per heavy atom. The van der Waals surface area contributed by atoms with E-state index in [2.05, 4.69) is 7.05 Å². The Labute approximate surface area is 109 Å². The van der Waals surface area contributed by atoms with Crippen molar-refractivity contribution in [2.45, 2.75) is 19.3 Å². The van der Waals surface area contributed by atoms with E-state index in [-0.39, 0.29) is 0 Å². The van der Waals surface area contributed by atoms with Gasteiger partial charge in [0.25, 0.3) is 0 Å². The van der Waals surface area contributed by atoms with Crippen LogP contribution in [0.1, 0.15) is 19.3 Å². The van der Waals surface area contributed by atoms with Crippen LogP contribution in [0.2, 0.25) is 0 Å². The molecule has 0 bridgehead atoms. The van der Waals surface area contributed by atoms with Crippen molar-refractivity contribution in [1.82, 2.24) is 0 Å². The number of likely N-dealkylation sites (N-methyl/N-ethyl adjacent to an activating group) is 1. The molecular formula is C14H24N3O+. The van der Waals surface area contributed by atoms with Crippen molar-refractivity contribution in [3.05, 3.63) is 18.2 Å². The van der Waals surface area contributed by atoms with E-state index in [0.717, 1.165) is 11.0 Å². The number of anilines is 2. The molecule has 1 saturated heterocycles. The summed E-state index contributed by atoms with van der Waals surface area (Å²) in [6.45, 7) is 4.25. The summed E-state index contributed by atoms with van der Waals surface area (Å²) in [4.78, 5) is 0. The summed E-state index contributed by atoms with van der Waals surface area (Å²) in [7, 11) is 2.31. The summed E-state index contributed by atoms with van der Waals surface area (Å²) in [6.07, 6.45) is 4.03. The number of rotatable bonds is 4. The van der Waals surface area contributed by atoms with Crippen molar-refractivity contribution in [2.24, 2.45) is 0 Å². The van der Waals surface area contributed by atoms with Gasteiger partial charge >= 0.3 is 0 Å². The Hall–Kier alpha value is -1.42. The van der Waals surface area contributed by atoms with E-state index >= 15 is 0 Å². The minimum absolute atomic E-state index is 0.658. The van der Waals surface area contributed by atoms with Crippen LogP contribution in [0.25, 0.3) is 0 Å². The molecule has 0 spiro atoms. The third-order valence-corrected chi connectivity index (χ3v) is 3.82.